The van der Waals surface area contributed by atoms with E-state index in [1.54, 1.807) is 0 Å². The van der Waals surface area contributed by atoms with Crippen molar-refractivity contribution in [1.29, 1.82) is 0 Å². The molecule has 0 amide bonds. The first-order valence-corrected chi connectivity index (χ1v) is 4.66. The van der Waals surface area contributed by atoms with Crippen molar-refractivity contribution in [1.82, 2.24) is 20.5 Å². The van der Waals surface area contributed by atoms with Crippen molar-refractivity contribution in [3.63, 3.8) is 0 Å². The largest absolute Gasteiger partial charge is 0.367 e. The molecule has 1 saturated heterocycles. The number of anilines is 1. The van der Waals surface area contributed by atoms with Crippen molar-refractivity contribution in [2.45, 2.75) is 25.2 Å². The van der Waals surface area contributed by atoms with Crippen molar-refractivity contribution in [3.8, 4) is 0 Å². The van der Waals surface area contributed by atoms with Gasteiger partial charge < -0.3 is 11.1 Å². The predicted octanol–water partition coefficient (Wildman–Crippen LogP) is 0.0280. The highest BCUT2D eigenvalue weighted by Crippen LogP contribution is 2.31. The van der Waals surface area contributed by atoms with Crippen LogP contribution in [0.1, 0.15) is 25.6 Å². The van der Waals surface area contributed by atoms with Gasteiger partial charge in [-0.2, -0.15) is 4.98 Å². The van der Waals surface area contributed by atoms with Crippen LogP contribution in [0.25, 0.3) is 0 Å². The summed E-state index contributed by atoms with van der Waals surface area (Å²) in [6.45, 7) is 4.19. The molecule has 1 fully saturated rings. The van der Waals surface area contributed by atoms with Gasteiger partial charge in [0.1, 0.15) is 5.82 Å². The van der Waals surface area contributed by atoms with Crippen LogP contribution < -0.4 is 11.1 Å². The third-order valence-electron chi connectivity index (χ3n) is 2.93. The second kappa shape index (κ2) is 2.99. The van der Waals surface area contributed by atoms with E-state index in [0.717, 1.165) is 31.8 Å². The van der Waals surface area contributed by atoms with Gasteiger partial charge >= 0.3 is 0 Å². The average Bonchev–Trinajstić information content (AvgIpc) is 2.73. The number of nitrogens with one attached hydrogen (secondary N) is 2. The fraction of sp³-hybridized carbons (Fsp3) is 0.750. The third-order valence-corrected chi connectivity index (χ3v) is 2.93. The summed E-state index contributed by atoms with van der Waals surface area (Å²) in [5.74, 6) is 1.27. The summed E-state index contributed by atoms with van der Waals surface area (Å²) in [6, 6.07) is 0. The molecule has 0 saturated carbocycles. The van der Waals surface area contributed by atoms with Crippen molar-refractivity contribution in [3.05, 3.63) is 5.82 Å². The topological polar surface area (TPSA) is 79.6 Å². The molecule has 72 valence electrons. The molecule has 5 heteroatoms. The molecular formula is C8H15N5. The molecule has 0 spiro atoms. The minimum Gasteiger partial charge on any atom is -0.367 e. The Balaban J connectivity index is 2.30. The molecule has 1 atom stereocenters. The quantitative estimate of drug-likeness (QED) is 0.601. The van der Waals surface area contributed by atoms with Crippen molar-refractivity contribution < 1.29 is 0 Å². The number of hydrogen-bond acceptors (Lipinski definition) is 4. The van der Waals surface area contributed by atoms with Crippen molar-refractivity contribution in [2.24, 2.45) is 0 Å². The molecule has 1 aromatic heterocycles. The SMILES string of the molecule is CCC1(c2nc(N)n[nH]2)CCNC1. The van der Waals surface area contributed by atoms with E-state index in [2.05, 4.69) is 27.4 Å². The summed E-state index contributed by atoms with van der Waals surface area (Å²) in [4.78, 5) is 4.21. The number of hydrogen-bond donors (Lipinski definition) is 3. The van der Waals surface area contributed by atoms with Gasteiger partial charge in [-0.15, -0.1) is 5.10 Å². The fourth-order valence-corrected chi connectivity index (χ4v) is 1.93. The standard InChI is InChI=1S/C8H15N5/c1-2-8(3-4-10-5-8)6-11-7(9)13-12-6/h10H,2-5H2,1H3,(H3,9,11,12,13). The highest BCUT2D eigenvalue weighted by molar-refractivity contribution is 5.20. The molecule has 1 unspecified atom stereocenters. The zero-order valence-electron chi connectivity index (χ0n) is 7.80. The molecular weight excluding hydrogens is 166 g/mol. The summed E-state index contributed by atoms with van der Waals surface area (Å²) < 4.78 is 0. The van der Waals surface area contributed by atoms with E-state index in [1.807, 2.05) is 0 Å². The predicted molar refractivity (Wildman–Crippen MR) is 50.3 cm³/mol. The second-order valence-corrected chi connectivity index (χ2v) is 3.60. The highest BCUT2D eigenvalue weighted by Gasteiger charge is 2.36. The highest BCUT2D eigenvalue weighted by atomic mass is 15.3. The molecule has 1 aliphatic rings. The summed E-state index contributed by atoms with van der Waals surface area (Å²) in [5.41, 5.74) is 5.62. The molecule has 2 heterocycles. The van der Waals surface area contributed by atoms with Gasteiger partial charge in [0.2, 0.25) is 5.95 Å². The molecule has 2 rings (SSSR count). The maximum Gasteiger partial charge on any atom is 0.239 e. The lowest BCUT2D eigenvalue weighted by atomic mass is 9.83. The van der Waals surface area contributed by atoms with E-state index in [4.69, 9.17) is 5.73 Å². The maximum absolute atomic E-state index is 5.49. The lowest BCUT2D eigenvalue weighted by Gasteiger charge is -2.22. The van der Waals surface area contributed by atoms with E-state index < -0.39 is 0 Å². The Bertz CT molecular complexity index is 286. The van der Waals surface area contributed by atoms with Crippen LogP contribution in [-0.4, -0.2) is 28.3 Å². The number of aromatic nitrogens is 3. The van der Waals surface area contributed by atoms with Crippen LogP contribution in [0.3, 0.4) is 0 Å². The van der Waals surface area contributed by atoms with E-state index in [9.17, 15) is 0 Å². The first-order valence-electron chi connectivity index (χ1n) is 4.66. The van der Waals surface area contributed by atoms with Gasteiger partial charge in [0.25, 0.3) is 0 Å². The molecule has 0 radical (unpaired) electrons. The number of nitrogens with zero attached hydrogens (tertiary/aromatic N) is 2. The number of nitrogen functional groups attached to an aromatic ring is 1. The summed E-state index contributed by atoms with van der Waals surface area (Å²) in [7, 11) is 0. The lowest BCUT2D eigenvalue weighted by Crippen LogP contribution is -2.29. The Morgan fingerprint density at radius 1 is 1.62 bits per heavy atom. The molecule has 0 aliphatic carbocycles. The van der Waals surface area contributed by atoms with Crippen LogP contribution in [0, 0.1) is 0 Å². The Morgan fingerprint density at radius 2 is 2.46 bits per heavy atom. The van der Waals surface area contributed by atoms with Gasteiger partial charge in [0.15, 0.2) is 0 Å². The van der Waals surface area contributed by atoms with Gasteiger partial charge in [0.05, 0.1) is 0 Å². The van der Waals surface area contributed by atoms with Crippen LogP contribution in [0.2, 0.25) is 0 Å². The average molecular weight is 181 g/mol. The summed E-state index contributed by atoms with van der Waals surface area (Å²) in [6.07, 6.45) is 2.17. The van der Waals surface area contributed by atoms with E-state index in [1.165, 1.54) is 0 Å². The zero-order valence-corrected chi connectivity index (χ0v) is 7.80. The van der Waals surface area contributed by atoms with E-state index in [-0.39, 0.29) is 5.41 Å². The minimum absolute atomic E-state index is 0.130. The zero-order chi connectivity index (χ0) is 9.31. The van der Waals surface area contributed by atoms with E-state index in [0.29, 0.717) is 5.95 Å². The molecule has 0 bridgehead atoms. The van der Waals surface area contributed by atoms with Gasteiger partial charge in [-0.05, 0) is 19.4 Å². The van der Waals surface area contributed by atoms with Crippen molar-refractivity contribution in [2.75, 3.05) is 18.8 Å². The third kappa shape index (κ3) is 1.29. The Hall–Kier alpha value is -1.10. The Morgan fingerprint density at radius 3 is 2.92 bits per heavy atom. The second-order valence-electron chi connectivity index (χ2n) is 3.60. The van der Waals surface area contributed by atoms with Gasteiger partial charge in [0, 0.05) is 12.0 Å². The summed E-state index contributed by atoms with van der Waals surface area (Å²) >= 11 is 0. The van der Waals surface area contributed by atoms with Crippen LogP contribution in [0.15, 0.2) is 0 Å². The Kier molecular flexibility index (Phi) is 1.95. The van der Waals surface area contributed by atoms with Gasteiger partial charge in [-0.1, -0.05) is 6.92 Å². The van der Waals surface area contributed by atoms with Gasteiger partial charge in [-0.3, -0.25) is 5.10 Å². The van der Waals surface area contributed by atoms with E-state index >= 15 is 0 Å². The smallest absolute Gasteiger partial charge is 0.239 e. The molecule has 1 aromatic rings. The number of aromatic amines is 1. The Labute approximate surface area is 77.1 Å². The molecule has 0 aromatic carbocycles. The van der Waals surface area contributed by atoms with Crippen LogP contribution in [-0.2, 0) is 5.41 Å². The van der Waals surface area contributed by atoms with Crippen LogP contribution in [0.4, 0.5) is 5.95 Å². The first-order chi connectivity index (χ1) is 6.27. The van der Waals surface area contributed by atoms with Crippen LogP contribution in [0.5, 0.6) is 0 Å². The molecule has 4 N–H and O–H groups in total. The van der Waals surface area contributed by atoms with Crippen LogP contribution >= 0.6 is 0 Å². The van der Waals surface area contributed by atoms with Gasteiger partial charge in [-0.25, -0.2) is 0 Å². The number of rotatable bonds is 2. The molecule has 5 nitrogen and oxygen atoms in total. The van der Waals surface area contributed by atoms with Crippen molar-refractivity contribution >= 4 is 5.95 Å². The summed E-state index contributed by atoms with van der Waals surface area (Å²) in [5, 5.41) is 10.1. The monoisotopic (exact) mass is 181 g/mol. The first kappa shape index (κ1) is 8.50. The molecule has 13 heavy (non-hydrogen) atoms. The fourth-order valence-electron chi connectivity index (χ4n) is 1.93. The number of H-pyrrole nitrogens is 1. The lowest BCUT2D eigenvalue weighted by molar-refractivity contribution is 0.427. The minimum atomic E-state index is 0.130. The number of nitrogens with two attached hydrogens (primary N) is 1. The molecule has 1 aliphatic heterocycles. The normalized spacial score (nSPS) is 28.1. The maximum atomic E-state index is 5.49.